The quantitative estimate of drug-likeness (QED) is 0.158. The first-order chi connectivity index (χ1) is 20.6. The number of esters is 2. The minimum Gasteiger partial charge on any atom is -0.462 e. The molecule has 0 spiro atoms. The number of non-ortho nitro benzene ring substituents is 1. The van der Waals surface area contributed by atoms with Crippen LogP contribution in [-0.4, -0.2) is 59.3 Å². The Hall–Kier alpha value is -4.98. The molecule has 2 heterocycles. The molecule has 2 aromatic rings. The van der Waals surface area contributed by atoms with Gasteiger partial charge in [0.25, 0.3) is 10.8 Å². The number of rotatable bonds is 12. The Balaban J connectivity index is 1.57. The molecule has 0 radical (unpaired) electrons. The highest BCUT2D eigenvalue weighted by Gasteiger charge is 2.40. The Morgan fingerprint density at radius 3 is 2.53 bits per heavy atom. The largest absolute Gasteiger partial charge is 0.462 e. The summed E-state index contributed by atoms with van der Waals surface area (Å²) in [7, 11) is 0. The first-order valence-electron chi connectivity index (χ1n) is 13.8. The molecular weight excluding hydrogens is 562 g/mol. The van der Waals surface area contributed by atoms with Gasteiger partial charge in [-0.25, -0.2) is 9.59 Å². The summed E-state index contributed by atoms with van der Waals surface area (Å²) in [6.07, 6.45) is 1.04. The second kappa shape index (κ2) is 14.3. The smallest absolute Gasteiger partial charge is 0.338 e. The molecule has 0 amide bonds. The average molecular weight is 596 g/mol. The third-order valence-electron chi connectivity index (χ3n) is 7.15. The number of nitrogens with zero attached hydrogens (tertiary/aromatic N) is 3. The van der Waals surface area contributed by atoms with Crippen LogP contribution in [0.1, 0.15) is 43.2 Å². The van der Waals surface area contributed by atoms with E-state index in [9.17, 15) is 29.8 Å². The molecule has 0 aromatic heterocycles. The Bertz CT molecular complexity index is 1430. The Morgan fingerprint density at radius 2 is 1.81 bits per heavy atom. The highest BCUT2D eigenvalue weighted by molar-refractivity contribution is 6.00. The Labute approximate surface area is 247 Å². The van der Waals surface area contributed by atoms with E-state index < -0.39 is 34.0 Å². The molecule has 2 aliphatic heterocycles. The number of piperidine rings is 1. The molecule has 1 saturated heterocycles. The third-order valence-corrected chi connectivity index (χ3v) is 7.15. The van der Waals surface area contributed by atoms with Crippen LogP contribution in [0.3, 0.4) is 0 Å². The van der Waals surface area contributed by atoms with E-state index in [4.69, 9.17) is 15.2 Å². The number of dihydropyridines is 1. The fourth-order valence-corrected chi connectivity index (χ4v) is 5.25. The van der Waals surface area contributed by atoms with Crippen LogP contribution in [0, 0.1) is 20.2 Å². The van der Waals surface area contributed by atoms with Crippen molar-refractivity contribution in [1.29, 1.82) is 0 Å². The van der Waals surface area contributed by atoms with Crippen LogP contribution in [0.15, 0.2) is 77.3 Å². The molecule has 2 unspecified atom stereocenters. The maximum Gasteiger partial charge on any atom is 0.338 e. The summed E-state index contributed by atoms with van der Waals surface area (Å²) in [6, 6.07) is 15.5. The van der Waals surface area contributed by atoms with Gasteiger partial charge in [0.15, 0.2) is 0 Å². The number of nitrogens with one attached hydrogen (secondary N) is 1. The number of hydrogen-bond acceptors (Lipinski definition) is 12. The van der Waals surface area contributed by atoms with Crippen molar-refractivity contribution in [3.8, 4) is 0 Å². The number of hydrogen-bond donors (Lipinski definition) is 2. The van der Waals surface area contributed by atoms with Crippen molar-refractivity contribution in [2.75, 3.05) is 26.3 Å². The highest BCUT2D eigenvalue weighted by Crippen LogP contribution is 2.39. The normalized spacial score (nSPS) is 18.9. The zero-order chi connectivity index (χ0) is 30.9. The lowest BCUT2D eigenvalue weighted by Gasteiger charge is -2.34. The van der Waals surface area contributed by atoms with Crippen LogP contribution >= 0.6 is 0 Å². The number of nitro benzene ring substituents is 1. The zero-order valence-corrected chi connectivity index (χ0v) is 23.6. The number of allylic oxidation sites excluding steroid dienone is 1. The van der Waals surface area contributed by atoms with Crippen LogP contribution in [0.4, 0.5) is 5.69 Å². The van der Waals surface area contributed by atoms with Gasteiger partial charge in [0.1, 0.15) is 11.9 Å². The summed E-state index contributed by atoms with van der Waals surface area (Å²) in [5.74, 6) is -2.77. The molecule has 14 heteroatoms. The Morgan fingerprint density at radius 1 is 1.05 bits per heavy atom. The van der Waals surface area contributed by atoms with Gasteiger partial charge in [-0.3, -0.25) is 15.0 Å². The van der Waals surface area contributed by atoms with E-state index >= 15 is 0 Å². The zero-order valence-electron chi connectivity index (χ0n) is 23.6. The number of carbonyl (C=O) groups excluding carboxylic acids is 2. The number of carbonyl (C=O) groups is 2. The number of benzene rings is 2. The molecule has 2 aliphatic rings. The SMILES string of the molecule is CC1=C(C(=O)OCCCO[N+](=O)[O-])C(c2cccc([N+](=O)[O-])c2)C(C(=O)OC2CCCN(Cc3ccccc3)C2)=C(N)N1. The molecule has 2 atom stereocenters. The van der Waals surface area contributed by atoms with Gasteiger partial charge in [0, 0.05) is 37.3 Å². The second-order valence-electron chi connectivity index (χ2n) is 10.2. The van der Waals surface area contributed by atoms with Crippen molar-refractivity contribution in [2.24, 2.45) is 5.73 Å². The van der Waals surface area contributed by atoms with Gasteiger partial charge < -0.3 is 25.4 Å². The third kappa shape index (κ3) is 8.07. The molecule has 14 nitrogen and oxygen atoms in total. The van der Waals surface area contributed by atoms with E-state index in [2.05, 4.69) is 15.1 Å². The number of ether oxygens (including phenoxy) is 2. The van der Waals surface area contributed by atoms with E-state index in [0.29, 0.717) is 19.5 Å². The summed E-state index contributed by atoms with van der Waals surface area (Å²) in [4.78, 5) is 54.9. The first kappa shape index (κ1) is 31.0. The predicted octanol–water partition coefficient (Wildman–Crippen LogP) is 3.08. The maximum absolute atomic E-state index is 13.8. The predicted molar refractivity (Wildman–Crippen MR) is 152 cm³/mol. The van der Waals surface area contributed by atoms with Crippen molar-refractivity contribution in [2.45, 2.75) is 44.8 Å². The molecule has 4 rings (SSSR count). The van der Waals surface area contributed by atoms with E-state index in [1.165, 1.54) is 18.2 Å². The summed E-state index contributed by atoms with van der Waals surface area (Å²) in [5, 5.41) is 23.9. The molecule has 3 N–H and O–H groups in total. The van der Waals surface area contributed by atoms with Crippen molar-refractivity contribution >= 4 is 17.6 Å². The van der Waals surface area contributed by atoms with Gasteiger partial charge in [-0.15, -0.1) is 10.1 Å². The fourth-order valence-electron chi connectivity index (χ4n) is 5.25. The minimum atomic E-state index is -1.14. The Kier molecular flexibility index (Phi) is 10.3. The van der Waals surface area contributed by atoms with E-state index in [1.54, 1.807) is 13.0 Å². The van der Waals surface area contributed by atoms with Crippen LogP contribution in [0.25, 0.3) is 0 Å². The van der Waals surface area contributed by atoms with E-state index in [1.807, 2.05) is 30.3 Å². The highest BCUT2D eigenvalue weighted by atomic mass is 16.9. The number of nitrogens with two attached hydrogens (primary N) is 1. The summed E-state index contributed by atoms with van der Waals surface area (Å²) in [5.41, 5.74) is 7.69. The minimum absolute atomic E-state index is 0.00573. The second-order valence-corrected chi connectivity index (χ2v) is 10.2. The summed E-state index contributed by atoms with van der Waals surface area (Å²) in [6.45, 7) is 3.12. The van der Waals surface area contributed by atoms with Crippen molar-refractivity contribution in [3.63, 3.8) is 0 Å². The van der Waals surface area contributed by atoms with Gasteiger partial charge in [-0.1, -0.05) is 42.5 Å². The summed E-state index contributed by atoms with van der Waals surface area (Å²) < 4.78 is 11.3. The topological polar surface area (TPSA) is 189 Å². The lowest BCUT2D eigenvalue weighted by molar-refractivity contribution is -0.757. The van der Waals surface area contributed by atoms with Crippen molar-refractivity contribution in [3.05, 3.63) is 109 Å². The molecule has 0 bridgehead atoms. The molecule has 1 fully saturated rings. The molecule has 2 aromatic carbocycles. The monoisotopic (exact) mass is 595 g/mol. The van der Waals surface area contributed by atoms with Gasteiger partial charge in [-0.2, -0.15) is 0 Å². The summed E-state index contributed by atoms with van der Waals surface area (Å²) >= 11 is 0. The van der Waals surface area contributed by atoms with E-state index in [-0.39, 0.29) is 53.5 Å². The van der Waals surface area contributed by atoms with Crippen LogP contribution in [0.2, 0.25) is 0 Å². The standard InChI is InChI=1S/C29H33N5O9/c1-19-24(28(35)41-14-7-15-42-34(39)40)25(21-10-5-11-22(16-21)33(37)38)26(27(30)31-19)29(36)43-23-12-6-13-32(18-23)17-20-8-3-2-4-9-20/h2-5,8-11,16,23,25,31H,6-7,12-15,17-18,30H2,1H3. The van der Waals surface area contributed by atoms with E-state index in [0.717, 1.165) is 18.5 Å². The molecule has 43 heavy (non-hydrogen) atoms. The van der Waals surface area contributed by atoms with Gasteiger partial charge >= 0.3 is 11.9 Å². The van der Waals surface area contributed by atoms with Gasteiger partial charge in [0.2, 0.25) is 0 Å². The van der Waals surface area contributed by atoms with Crippen molar-refractivity contribution < 1.29 is 33.9 Å². The van der Waals surface area contributed by atoms with Crippen LogP contribution in [-0.2, 0) is 30.4 Å². The van der Waals surface area contributed by atoms with Crippen LogP contribution in [0.5, 0.6) is 0 Å². The lowest BCUT2D eigenvalue weighted by Crippen LogP contribution is -2.42. The molecule has 0 aliphatic carbocycles. The maximum atomic E-state index is 13.8. The van der Waals surface area contributed by atoms with Gasteiger partial charge in [0.05, 0.1) is 35.2 Å². The molecular formula is C29H33N5O9. The number of likely N-dealkylation sites (tertiary alicyclic amines) is 1. The average Bonchev–Trinajstić information content (AvgIpc) is 2.97. The lowest BCUT2D eigenvalue weighted by atomic mass is 9.81. The van der Waals surface area contributed by atoms with Crippen molar-refractivity contribution in [1.82, 2.24) is 10.2 Å². The van der Waals surface area contributed by atoms with Crippen LogP contribution < -0.4 is 11.1 Å². The number of nitro groups is 1. The van der Waals surface area contributed by atoms with Gasteiger partial charge in [-0.05, 0) is 37.4 Å². The molecule has 0 saturated carbocycles. The fraction of sp³-hybridized carbons (Fsp3) is 0.379. The molecule has 228 valence electrons. The first-order valence-corrected chi connectivity index (χ1v) is 13.8.